The molecule has 0 aliphatic heterocycles. The highest BCUT2D eigenvalue weighted by Crippen LogP contribution is 2.27. The zero-order chi connectivity index (χ0) is 15.1. The Labute approximate surface area is 127 Å². The number of halogens is 2. The summed E-state index contributed by atoms with van der Waals surface area (Å²) in [4.78, 5) is 22.6. The average molecular weight is 320 g/mol. The second kappa shape index (κ2) is 7.97. The number of hydrogen-bond donors (Lipinski definition) is 1. The number of nitrogens with one attached hydrogen (secondary N) is 1. The first kappa shape index (κ1) is 16.6. The van der Waals surface area contributed by atoms with E-state index in [9.17, 15) is 9.59 Å². The molecule has 20 heavy (non-hydrogen) atoms. The van der Waals surface area contributed by atoms with E-state index in [1.807, 2.05) is 13.8 Å². The lowest BCUT2D eigenvalue weighted by atomic mass is 10.3. The molecule has 1 amide bonds. The summed E-state index contributed by atoms with van der Waals surface area (Å²) in [6.45, 7) is 2.95. The number of rotatable bonds is 6. The summed E-state index contributed by atoms with van der Waals surface area (Å²) in [6.07, 6.45) is 0. The minimum absolute atomic E-state index is 0.00896. The number of ether oxygens (including phenoxy) is 2. The molecule has 0 aromatic heterocycles. The van der Waals surface area contributed by atoms with Gasteiger partial charge in [0, 0.05) is 11.1 Å². The van der Waals surface area contributed by atoms with Gasteiger partial charge >= 0.3 is 5.97 Å². The van der Waals surface area contributed by atoms with E-state index < -0.39 is 5.97 Å². The van der Waals surface area contributed by atoms with Crippen molar-refractivity contribution in [2.75, 3.05) is 13.2 Å². The van der Waals surface area contributed by atoms with Crippen molar-refractivity contribution in [1.82, 2.24) is 5.32 Å². The predicted molar refractivity (Wildman–Crippen MR) is 76.2 cm³/mol. The number of carbonyl (C=O) groups is 2. The number of benzene rings is 1. The minimum Gasteiger partial charge on any atom is -0.480 e. The third kappa shape index (κ3) is 6.12. The lowest BCUT2D eigenvalue weighted by molar-refractivity contribution is -0.150. The standard InChI is InChI=1S/C13H15Cl2NO4/c1-8(2)16-12(17)6-20-13(18)7-19-11-4-3-9(14)5-10(11)15/h3-5,8H,6-7H2,1-2H3,(H,16,17). The molecule has 5 nitrogen and oxygen atoms in total. The maximum Gasteiger partial charge on any atom is 0.344 e. The molecule has 0 aliphatic rings. The van der Waals surface area contributed by atoms with Gasteiger partial charge in [-0.3, -0.25) is 4.79 Å². The zero-order valence-electron chi connectivity index (χ0n) is 11.1. The highest BCUT2D eigenvalue weighted by molar-refractivity contribution is 6.35. The molecule has 0 saturated heterocycles. The fourth-order valence-electron chi connectivity index (χ4n) is 1.28. The smallest absolute Gasteiger partial charge is 0.344 e. The van der Waals surface area contributed by atoms with E-state index in [0.717, 1.165) is 0 Å². The van der Waals surface area contributed by atoms with Gasteiger partial charge in [0.05, 0.1) is 5.02 Å². The van der Waals surface area contributed by atoms with Crippen LogP contribution in [0.2, 0.25) is 10.0 Å². The quantitative estimate of drug-likeness (QED) is 0.818. The van der Waals surface area contributed by atoms with Gasteiger partial charge in [0.2, 0.25) is 0 Å². The Morgan fingerprint density at radius 3 is 2.55 bits per heavy atom. The second-order valence-electron chi connectivity index (χ2n) is 4.25. The van der Waals surface area contributed by atoms with E-state index in [0.29, 0.717) is 15.8 Å². The molecule has 0 spiro atoms. The van der Waals surface area contributed by atoms with Crippen LogP contribution in [0.5, 0.6) is 5.75 Å². The Bertz CT molecular complexity index is 491. The van der Waals surface area contributed by atoms with Crippen LogP contribution in [0, 0.1) is 0 Å². The van der Waals surface area contributed by atoms with Crippen LogP contribution in [-0.2, 0) is 14.3 Å². The monoisotopic (exact) mass is 319 g/mol. The van der Waals surface area contributed by atoms with Gasteiger partial charge in [0.15, 0.2) is 13.2 Å². The first-order valence-corrected chi connectivity index (χ1v) is 6.67. The molecule has 0 bridgehead atoms. The molecule has 0 radical (unpaired) electrons. The van der Waals surface area contributed by atoms with Crippen LogP contribution in [-0.4, -0.2) is 31.1 Å². The maximum absolute atomic E-state index is 11.4. The highest BCUT2D eigenvalue weighted by Gasteiger charge is 2.10. The van der Waals surface area contributed by atoms with Gasteiger partial charge in [0.1, 0.15) is 5.75 Å². The second-order valence-corrected chi connectivity index (χ2v) is 5.09. The van der Waals surface area contributed by atoms with Gasteiger partial charge in [0.25, 0.3) is 5.91 Å². The minimum atomic E-state index is -0.657. The van der Waals surface area contributed by atoms with Crippen molar-refractivity contribution in [3.63, 3.8) is 0 Å². The number of amides is 1. The fraction of sp³-hybridized carbons (Fsp3) is 0.385. The molecule has 1 rings (SSSR count). The van der Waals surface area contributed by atoms with Crippen LogP contribution >= 0.6 is 23.2 Å². The molecular formula is C13H15Cl2NO4. The molecule has 1 N–H and O–H groups in total. The van der Waals surface area contributed by atoms with Crippen molar-refractivity contribution in [2.24, 2.45) is 0 Å². The van der Waals surface area contributed by atoms with E-state index in [-0.39, 0.29) is 25.2 Å². The first-order valence-electron chi connectivity index (χ1n) is 5.91. The summed E-state index contributed by atoms with van der Waals surface area (Å²) in [6, 6.07) is 4.62. The fourth-order valence-corrected chi connectivity index (χ4v) is 1.74. The molecule has 0 fully saturated rings. The van der Waals surface area contributed by atoms with Crippen LogP contribution in [0.4, 0.5) is 0 Å². The van der Waals surface area contributed by atoms with Crippen LogP contribution in [0.3, 0.4) is 0 Å². The van der Waals surface area contributed by atoms with Crippen LogP contribution in [0.15, 0.2) is 18.2 Å². The van der Waals surface area contributed by atoms with Gasteiger partial charge in [-0.1, -0.05) is 23.2 Å². The Hall–Kier alpha value is -1.46. The summed E-state index contributed by atoms with van der Waals surface area (Å²) >= 11 is 11.6. The lowest BCUT2D eigenvalue weighted by Gasteiger charge is -2.10. The third-order valence-electron chi connectivity index (χ3n) is 2.05. The van der Waals surface area contributed by atoms with E-state index in [4.69, 9.17) is 32.7 Å². The van der Waals surface area contributed by atoms with E-state index in [1.165, 1.54) is 6.07 Å². The summed E-state index contributed by atoms with van der Waals surface area (Å²) in [5.74, 6) is -0.701. The number of hydrogen-bond acceptors (Lipinski definition) is 4. The van der Waals surface area contributed by atoms with E-state index >= 15 is 0 Å². The predicted octanol–water partition coefficient (Wildman–Crippen LogP) is 2.44. The van der Waals surface area contributed by atoms with Gasteiger partial charge in [-0.25, -0.2) is 4.79 Å². The molecule has 1 aromatic rings. The SMILES string of the molecule is CC(C)NC(=O)COC(=O)COc1ccc(Cl)cc1Cl. The Kier molecular flexibility index (Phi) is 6.61. The van der Waals surface area contributed by atoms with Crippen LogP contribution in [0.1, 0.15) is 13.8 Å². The summed E-state index contributed by atoms with van der Waals surface area (Å²) in [7, 11) is 0. The molecular weight excluding hydrogens is 305 g/mol. The van der Waals surface area contributed by atoms with Crippen molar-refractivity contribution in [1.29, 1.82) is 0 Å². The molecule has 1 aromatic carbocycles. The molecule has 0 saturated carbocycles. The summed E-state index contributed by atoms with van der Waals surface area (Å²) in [5.41, 5.74) is 0. The van der Waals surface area contributed by atoms with Crippen molar-refractivity contribution >= 4 is 35.1 Å². The van der Waals surface area contributed by atoms with Crippen LogP contribution < -0.4 is 10.1 Å². The molecule has 0 atom stereocenters. The Balaban J connectivity index is 2.34. The van der Waals surface area contributed by atoms with Gasteiger partial charge < -0.3 is 14.8 Å². The van der Waals surface area contributed by atoms with Gasteiger partial charge in [-0.15, -0.1) is 0 Å². The van der Waals surface area contributed by atoms with Crippen molar-refractivity contribution < 1.29 is 19.1 Å². The van der Waals surface area contributed by atoms with Crippen molar-refractivity contribution in [2.45, 2.75) is 19.9 Å². The number of carbonyl (C=O) groups excluding carboxylic acids is 2. The third-order valence-corrected chi connectivity index (χ3v) is 2.58. The summed E-state index contributed by atoms with van der Waals surface area (Å²) < 4.78 is 9.92. The normalized spacial score (nSPS) is 10.2. The average Bonchev–Trinajstić information content (AvgIpc) is 2.34. The zero-order valence-corrected chi connectivity index (χ0v) is 12.6. The molecule has 0 heterocycles. The van der Waals surface area contributed by atoms with E-state index in [1.54, 1.807) is 12.1 Å². The van der Waals surface area contributed by atoms with Crippen LogP contribution in [0.25, 0.3) is 0 Å². The van der Waals surface area contributed by atoms with Crippen molar-refractivity contribution in [3.05, 3.63) is 28.2 Å². The Morgan fingerprint density at radius 1 is 1.25 bits per heavy atom. The maximum atomic E-state index is 11.4. The highest BCUT2D eigenvalue weighted by atomic mass is 35.5. The summed E-state index contributed by atoms with van der Waals surface area (Å²) in [5, 5.41) is 3.36. The molecule has 110 valence electrons. The first-order chi connectivity index (χ1) is 9.38. The Morgan fingerprint density at radius 2 is 1.95 bits per heavy atom. The van der Waals surface area contributed by atoms with E-state index in [2.05, 4.69) is 5.32 Å². The molecule has 0 unspecified atom stereocenters. The van der Waals surface area contributed by atoms with Crippen molar-refractivity contribution in [3.8, 4) is 5.75 Å². The topological polar surface area (TPSA) is 64.6 Å². The van der Waals surface area contributed by atoms with Gasteiger partial charge in [-0.05, 0) is 32.0 Å². The lowest BCUT2D eigenvalue weighted by Crippen LogP contribution is -2.34. The number of esters is 1. The molecule has 0 aliphatic carbocycles. The molecule has 7 heteroatoms. The largest absolute Gasteiger partial charge is 0.480 e. The van der Waals surface area contributed by atoms with Gasteiger partial charge in [-0.2, -0.15) is 0 Å².